The lowest BCUT2D eigenvalue weighted by Crippen LogP contribution is -2.51. The number of urea groups is 1. The summed E-state index contributed by atoms with van der Waals surface area (Å²) in [4.78, 5) is 11.7. The van der Waals surface area contributed by atoms with Crippen LogP contribution in [0.4, 0.5) is 10.5 Å². The van der Waals surface area contributed by atoms with Gasteiger partial charge in [0.15, 0.2) is 5.11 Å². The van der Waals surface area contributed by atoms with E-state index in [1.54, 1.807) is 0 Å². The maximum absolute atomic E-state index is 11.7. The van der Waals surface area contributed by atoms with Crippen molar-refractivity contribution in [3.63, 3.8) is 0 Å². The summed E-state index contributed by atoms with van der Waals surface area (Å²) in [5.41, 5.74) is 6.10. The summed E-state index contributed by atoms with van der Waals surface area (Å²) in [7, 11) is 0. The van der Waals surface area contributed by atoms with E-state index >= 15 is 0 Å². The first-order valence-corrected chi connectivity index (χ1v) is 7.33. The molecule has 2 rings (SSSR count). The van der Waals surface area contributed by atoms with Crippen LogP contribution in [0.15, 0.2) is 30.3 Å². The van der Waals surface area contributed by atoms with Gasteiger partial charge in [0.1, 0.15) is 0 Å². The highest BCUT2D eigenvalue weighted by molar-refractivity contribution is 7.80. The van der Waals surface area contributed by atoms with E-state index < -0.39 is 0 Å². The lowest BCUT2D eigenvalue weighted by molar-refractivity contribution is 0.231. The van der Waals surface area contributed by atoms with Gasteiger partial charge in [-0.2, -0.15) is 0 Å². The predicted molar refractivity (Wildman–Crippen MR) is 84.3 cm³/mol. The number of amides is 2. The highest BCUT2D eigenvalue weighted by Gasteiger charge is 2.15. The number of hydrogen-bond donors (Lipinski definition) is 4. The van der Waals surface area contributed by atoms with E-state index in [1.165, 1.54) is 19.3 Å². The zero-order chi connectivity index (χ0) is 14.2. The number of para-hydroxylation sites is 1. The van der Waals surface area contributed by atoms with Gasteiger partial charge >= 0.3 is 6.03 Å². The van der Waals surface area contributed by atoms with E-state index in [4.69, 9.17) is 12.2 Å². The average molecular weight is 292 g/mol. The van der Waals surface area contributed by atoms with Crippen molar-refractivity contribution >= 4 is 29.0 Å². The van der Waals surface area contributed by atoms with Gasteiger partial charge in [-0.05, 0) is 37.2 Å². The second kappa shape index (κ2) is 7.69. The summed E-state index contributed by atoms with van der Waals surface area (Å²) < 4.78 is 0. The minimum atomic E-state index is -0.242. The molecule has 1 aliphatic carbocycles. The molecule has 0 unspecified atom stereocenters. The molecule has 108 valence electrons. The molecule has 2 amide bonds. The molecule has 0 aliphatic heterocycles. The maximum atomic E-state index is 11.7. The molecule has 1 fully saturated rings. The number of rotatable bonds is 2. The fraction of sp³-hybridized carbons (Fsp3) is 0.429. The van der Waals surface area contributed by atoms with Gasteiger partial charge in [0, 0.05) is 11.7 Å². The van der Waals surface area contributed by atoms with Crippen molar-refractivity contribution in [1.29, 1.82) is 0 Å². The molecule has 0 bridgehead atoms. The molecule has 0 spiro atoms. The molecule has 5 nitrogen and oxygen atoms in total. The number of benzene rings is 1. The van der Waals surface area contributed by atoms with Gasteiger partial charge in [0.05, 0.1) is 0 Å². The van der Waals surface area contributed by atoms with Crippen molar-refractivity contribution in [3.8, 4) is 0 Å². The van der Waals surface area contributed by atoms with E-state index in [1.807, 2.05) is 30.3 Å². The third kappa shape index (κ3) is 5.05. The topological polar surface area (TPSA) is 65.2 Å². The van der Waals surface area contributed by atoms with Crippen molar-refractivity contribution in [2.24, 2.45) is 0 Å². The molecule has 0 aromatic heterocycles. The van der Waals surface area contributed by atoms with Crippen LogP contribution in [0.25, 0.3) is 0 Å². The highest BCUT2D eigenvalue weighted by Crippen LogP contribution is 2.16. The first-order valence-electron chi connectivity index (χ1n) is 6.92. The van der Waals surface area contributed by atoms with E-state index in [-0.39, 0.29) is 12.1 Å². The molecular weight excluding hydrogens is 272 g/mol. The van der Waals surface area contributed by atoms with Crippen LogP contribution in [0.2, 0.25) is 0 Å². The van der Waals surface area contributed by atoms with Gasteiger partial charge in [-0.25, -0.2) is 10.2 Å². The van der Waals surface area contributed by atoms with Crippen LogP contribution in [0, 0.1) is 0 Å². The minimum absolute atomic E-state index is 0.242. The van der Waals surface area contributed by atoms with E-state index in [2.05, 4.69) is 21.5 Å². The Morgan fingerprint density at radius 3 is 2.45 bits per heavy atom. The SMILES string of the molecule is O=C(NNC(=S)Nc1ccccc1)NC1CCCCC1. The predicted octanol–water partition coefficient (Wildman–Crippen LogP) is 2.52. The van der Waals surface area contributed by atoms with Crippen LogP contribution >= 0.6 is 12.2 Å². The molecule has 4 N–H and O–H groups in total. The maximum Gasteiger partial charge on any atom is 0.333 e. The summed E-state index contributed by atoms with van der Waals surface area (Å²) in [5, 5.41) is 6.27. The third-order valence-corrected chi connectivity index (χ3v) is 3.47. The van der Waals surface area contributed by atoms with Crippen LogP contribution in [0.5, 0.6) is 0 Å². The molecule has 0 saturated heterocycles. The number of hydrazine groups is 1. The molecule has 1 aliphatic rings. The zero-order valence-electron chi connectivity index (χ0n) is 11.3. The number of hydrogen-bond acceptors (Lipinski definition) is 2. The lowest BCUT2D eigenvalue weighted by atomic mass is 9.96. The van der Waals surface area contributed by atoms with Gasteiger partial charge in [-0.1, -0.05) is 37.5 Å². The Kier molecular flexibility index (Phi) is 5.61. The van der Waals surface area contributed by atoms with Crippen LogP contribution in [0.3, 0.4) is 0 Å². The molecule has 0 heterocycles. The fourth-order valence-electron chi connectivity index (χ4n) is 2.27. The van der Waals surface area contributed by atoms with Crippen LogP contribution in [0.1, 0.15) is 32.1 Å². The van der Waals surface area contributed by atoms with Gasteiger partial charge in [0.25, 0.3) is 0 Å². The monoisotopic (exact) mass is 292 g/mol. The Morgan fingerprint density at radius 1 is 1.05 bits per heavy atom. The van der Waals surface area contributed by atoms with Crippen molar-refractivity contribution in [2.75, 3.05) is 5.32 Å². The molecule has 1 aromatic carbocycles. The average Bonchev–Trinajstić information content (AvgIpc) is 2.47. The van der Waals surface area contributed by atoms with E-state index in [9.17, 15) is 4.79 Å². The minimum Gasteiger partial charge on any atom is -0.334 e. The van der Waals surface area contributed by atoms with Crippen molar-refractivity contribution in [3.05, 3.63) is 30.3 Å². The standard InChI is InChI=1S/C14H20N4OS/c19-13(15-11-7-3-1-4-8-11)17-18-14(20)16-12-9-5-2-6-10-12/h2,5-6,9-11H,1,3-4,7-8H2,(H2,15,17,19)(H2,16,18,20). The molecule has 1 saturated carbocycles. The first-order chi connectivity index (χ1) is 9.74. The fourth-order valence-corrected chi connectivity index (χ4v) is 2.43. The molecule has 1 aromatic rings. The summed E-state index contributed by atoms with van der Waals surface area (Å²) in [6.07, 6.45) is 5.75. The second-order valence-electron chi connectivity index (χ2n) is 4.88. The number of carbonyl (C=O) groups is 1. The van der Waals surface area contributed by atoms with Crippen molar-refractivity contribution in [1.82, 2.24) is 16.2 Å². The molecule has 20 heavy (non-hydrogen) atoms. The Morgan fingerprint density at radius 2 is 1.75 bits per heavy atom. The molecule has 6 heteroatoms. The first kappa shape index (κ1) is 14.6. The molecular formula is C14H20N4OS. The third-order valence-electron chi connectivity index (χ3n) is 3.26. The molecule has 0 radical (unpaired) electrons. The van der Waals surface area contributed by atoms with Crippen molar-refractivity contribution in [2.45, 2.75) is 38.1 Å². The Hall–Kier alpha value is -1.82. The molecule has 0 atom stereocenters. The Balaban J connectivity index is 1.66. The van der Waals surface area contributed by atoms with Crippen LogP contribution in [-0.2, 0) is 0 Å². The number of anilines is 1. The number of thiocarbonyl (C=S) groups is 1. The lowest BCUT2D eigenvalue weighted by Gasteiger charge is -2.23. The van der Waals surface area contributed by atoms with Gasteiger partial charge in [-0.3, -0.25) is 5.43 Å². The summed E-state index contributed by atoms with van der Waals surface area (Å²) >= 11 is 5.09. The van der Waals surface area contributed by atoms with E-state index in [0.29, 0.717) is 5.11 Å². The normalized spacial score (nSPS) is 15.2. The highest BCUT2D eigenvalue weighted by atomic mass is 32.1. The van der Waals surface area contributed by atoms with Crippen LogP contribution in [-0.4, -0.2) is 17.2 Å². The van der Waals surface area contributed by atoms with Crippen LogP contribution < -0.4 is 21.5 Å². The Bertz CT molecular complexity index is 446. The zero-order valence-corrected chi connectivity index (χ0v) is 12.1. The quantitative estimate of drug-likeness (QED) is 0.499. The van der Waals surface area contributed by atoms with Gasteiger partial charge in [-0.15, -0.1) is 0 Å². The summed E-state index contributed by atoms with van der Waals surface area (Å²) in [6, 6.07) is 9.58. The number of carbonyl (C=O) groups excluding carboxylic acids is 1. The summed E-state index contributed by atoms with van der Waals surface area (Å²) in [5.74, 6) is 0. The number of nitrogens with one attached hydrogen (secondary N) is 4. The van der Waals surface area contributed by atoms with Gasteiger partial charge < -0.3 is 10.6 Å². The second-order valence-corrected chi connectivity index (χ2v) is 5.29. The smallest absolute Gasteiger partial charge is 0.333 e. The Labute approximate surface area is 124 Å². The van der Waals surface area contributed by atoms with E-state index in [0.717, 1.165) is 18.5 Å². The van der Waals surface area contributed by atoms with Gasteiger partial charge in [0.2, 0.25) is 0 Å². The largest absolute Gasteiger partial charge is 0.334 e. The summed E-state index contributed by atoms with van der Waals surface area (Å²) in [6.45, 7) is 0. The van der Waals surface area contributed by atoms with Crippen molar-refractivity contribution < 1.29 is 4.79 Å².